The molecule has 0 bridgehead atoms. The average molecular weight is 386 g/mol. The maximum Gasteiger partial charge on any atom is 0.169 e. The summed E-state index contributed by atoms with van der Waals surface area (Å²) in [4.78, 5) is 2.40. The molecule has 1 unspecified atom stereocenters. The SMILES string of the molecule is CCC(C)(C)C1CCC2(CC1)OCC(CCN(CC(OC)OC)C(C)C)O2. The second kappa shape index (κ2) is 10.0. The van der Waals surface area contributed by atoms with Crippen molar-refractivity contribution in [2.45, 2.75) is 97.4 Å². The fourth-order valence-electron chi connectivity index (χ4n) is 4.46. The first-order valence-corrected chi connectivity index (χ1v) is 10.9. The van der Waals surface area contributed by atoms with Crippen molar-refractivity contribution in [3.05, 3.63) is 0 Å². The highest BCUT2D eigenvalue weighted by Crippen LogP contribution is 2.47. The standard InChI is InChI=1S/C22H43NO4/c1-8-21(4,5)18-9-12-22(13-10-18)26-16-19(27-22)11-14-23(17(2)3)15-20(24-6)25-7/h17-20H,8-16H2,1-7H3. The Labute approximate surface area is 167 Å². The fraction of sp³-hybridized carbons (Fsp3) is 1.00. The topological polar surface area (TPSA) is 40.2 Å². The van der Waals surface area contributed by atoms with Crippen molar-refractivity contribution in [3.63, 3.8) is 0 Å². The molecule has 2 rings (SSSR count). The van der Waals surface area contributed by atoms with Gasteiger partial charge in [0.1, 0.15) is 0 Å². The van der Waals surface area contributed by atoms with Gasteiger partial charge in [-0.1, -0.05) is 27.2 Å². The van der Waals surface area contributed by atoms with Crippen LogP contribution in [0.3, 0.4) is 0 Å². The van der Waals surface area contributed by atoms with E-state index in [2.05, 4.69) is 39.5 Å². The first-order valence-electron chi connectivity index (χ1n) is 10.9. The molecule has 1 saturated carbocycles. The van der Waals surface area contributed by atoms with Crippen LogP contribution in [0.4, 0.5) is 0 Å². The molecular weight excluding hydrogens is 342 g/mol. The normalized spacial score (nSPS) is 29.6. The lowest BCUT2D eigenvalue weighted by Crippen LogP contribution is -2.41. The van der Waals surface area contributed by atoms with E-state index in [0.717, 1.165) is 44.9 Å². The summed E-state index contributed by atoms with van der Waals surface area (Å²) in [5.74, 6) is 0.478. The second-order valence-corrected chi connectivity index (χ2v) is 9.36. The minimum Gasteiger partial charge on any atom is -0.355 e. The molecule has 2 aliphatic rings. The van der Waals surface area contributed by atoms with Gasteiger partial charge < -0.3 is 18.9 Å². The summed E-state index contributed by atoms with van der Waals surface area (Å²) in [5.41, 5.74) is 0.427. The molecule has 0 N–H and O–H groups in total. The van der Waals surface area contributed by atoms with Gasteiger partial charge in [0.25, 0.3) is 0 Å². The number of ether oxygens (including phenoxy) is 4. The van der Waals surface area contributed by atoms with Crippen LogP contribution in [-0.2, 0) is 18.9 Å². The van der Waals surface area contributed by atoms with Crippen LogP contribution >= 0.6 is 0 Å². The Morgan fingerprint density at radius 1 is 1.15 bits per heavy atom. The third-order valence-electron chi connectivity index (χ3n) is 7.06. The van der Waals surface area contributed by atoms with Crippen molar-refractivity contribution in [1.29, 1.82) is 0 Å². The predicted octanol–water partition coefficient (Wildman–Crippen LogP) is 4.44. The van der Waals surface area contributed by atoms with Gasteiger partial charge in [-0.3, -0.25) is 4.90 Å². The highest BCUT2D eigenvalue weighted by atomic mass is 16.7. The van der Waals surface area contributed by atoms with Gasteiger partial charge in [-0.2, -0.15) is 0 Å². The Balaban J connectivity index is 1.80. The summed E-state index contributed by atoms with van der Waals surface area (Å²) < 4.78 is 23.4. The lowest BCUT2D eigenvalue weighted by atomic mass is 9.68. The van der Waals surface area contributed by atoms with Gasteiger partial charge in [0.15, 0.2) is 12.1 Å². The Morgan fingerprint density at radius 3 is 2.30 bits per heavy atom. The minimum absolute atomic E-state index is 0.184. The molecular formula is C22H43NO4. The molecule has 5 heteroatoms. The van der Waals surface area contributed by atoms with Crippen molar-refractivity contribution < 1.29 is 18.9 Å². The third kappa shape index (κ3) is 6.14. The molecule has 0 aromatic rings. The van der Waals surface area contributed by atoms with E-state index in [1.807, 2.05) is 0 Å². The van der Waals surface area contributed by atoms with Crippen molar-refractivity contribution >= 4 is 0 Å². The highest BCUT2D eigenvalue weighted by molar-refractivity contribution is 4.90. The molecule has 1 heterocycles. The van der Waals surface area contributed by atoms with Gasteiger partial charge in [0, 0.05) is 46.2 Å². The number of hydrogen-bond acceptors (Lipinski definition) is 5. The van der Waals surface area contributed by atoms with E-state index in [-0.39, 0.29) is 18.2 Å². The van der Waals surface area contributed by atoms with Crippen LogP contribution in [0.15, 0.2) is 0 Å². The molecule has 0 aromatic heterocycles. The summed E-state index contributed by atoms with van der Waals surface area (Å²) >= 11 is 0. The van der Waals surface area contributed by atoms with Crippen molar-refractivity contribution in [2.75, 3.05) is 33.9 Å². The summed E-state index contributed by atoms with van der Waals surface area (Å²) in [5, 5.41) is 0. The molecule has 1 spiro atoms. The van der Waals surface area contributed by atoms with Crippen LogP contribution in [-0.4, -0.2) is 63.0 Å². The Kier molecular flexibility index (Phi) is 8.56. The summed E-state index contributed by atoms with van der Waals surface area (Å²) in [6.07, 6.45) is 6.77. The van der Waals surface area contributed by atoms with E-state index in [1.165, 1.54) is 19.3 Å². The lowest BCUT2D eigenvalue weighted by molar-refractivity contribution is -0.198. The number of nitrogens with zero attached hydrogens (tertiary/aromatic N) is 1. The summed E-state index contributed by atoms with van der Waals surface area (Å²) in [6, 6.07) is 0.445. The van der Waals surface area contributed by atoms with Gasteiger partial charge in [-0.15, -0.1) is 0 Å². The van der Waals surface area contributed by atoms with Gasteiger partial charge >= 0.3 is 0 Å². The van der Waals surface area contributed by atoms with E-state index in [9.17, 15) is 0 Å². The molecule has 1 aliphatic heterocycles. The largest absolute Gasteiger partial charge is 0.355 e. The van der Waals surface area contributed by atoms with E-state index >= 15 is 0 Å². The molecule has 5 nitrogen and oxygen atoms in total. The van der Waals surface area contributed by atoms with E-state index in [4.69, 9.17) is 18.9 Å². The lowest BCUT2D eigenvalue weighted by Gasteiger charge is -2.42. The highest BCUT2D eigenvalue weighted by Gasteiger charge is 2.46. The predicted molar refractivity (Wildman–Crippen MR) is 109 cm³/mol. The molecule has 160 valence electrons. The van der Waals surface area contributed by atoms with E-state index in [0.29, 0.717) is 11.5 Å². The van der Waals surface area contributed by atoms with Gasteiger partial charge in [-0.25, -0.2) is 0 Å². The zero-order valence-corrected chi connectivity index (χ0v) is 18.8. The molecule has 1 saturated heterocycles. The maximum absolute atomic E-state index is 6.46. The molecule has 0 amide bonds. The number of rotatable bonds is 10. The van der Waals surface area contributed by atoms with Crippen molar-refractivity contribution in [1.82, 2.24) is 4.90 Å². The molecule has 1 atom stereocenters. The Bertz CT molecular complexity index is 428. The Morgan fingerprint density at radius 2 is 1.78 bits per heavy atom. The first-order chi connectivity index (χ1) is 12.7. The molecule has 0 aromatic carbocycles. The molecule has 2 fully saturated rings. The van der Waals surface area contributed by atoms with Crippen LogP contribution in [0.25, 0.3) is 0 Å². The average Bonchev–Trinajstić information content (AvgIpc) is 3.04. The van der Waals surface area contributed by atoms with E-state index in [1.54, 1.807) is 14.2 Å². The van der Waals surface area contributed by atoms with Crippen LogP contribution in [0, 0.1) is 11.3 Å². The van der Waals surface area contributed by atoms with Crippen molar-refractivity contribution in [2.24, 2.45) is 11.3 Å². The number of methoxy groups -OCH3 is 2. The van der Waals surface area contributed by atoms with Crippen LogP contribution in [0.1, 0.15) is 73.1 Å². The molecule has 1 aliphatic carbocycles. The maximum atomic E-state index is 6.46. The monoisotopic (exact) mass is 385 g/mol. The van der Waals surface area contributed by atoms with Gasteiger partial charge in [0.2, 0.25) is 0 Å². The summed E-state index contributed by atoms with van der Waals surface area (Å²) in [6.45, 7) is 14.0. The zero-order chi connectivity index (χ0) is 20.1. The summed E-state index contributed by atoms with van der Waals surface area (Å²) in [7, 11) is 3.39. The van der Waals surface area contributed by atoms with Gasteiger partial charge in [-0.05, 0) is 44.4 Å². The molecule has 27 heavy (non-hydrogen) atoms. The zero-order valence-electron chi connectivity index (χ0n) is 18.8. The third-order valence-corrected chi connectivity index (χ3v) is 7.06. The van der Waals surface area contributed by atoms with Crippen LogP contribution < -0.4 is 0 Å². The number of hydrogen-bond donors (Lipinski definition) is 0. The van der Waals surface area contributed by atoms with Crippen molar-refractivity contribution in [3.8, 4) is 0 Å². The molecule has 0 radical (unpaired) electrons. The first kappa shape index (κ1) is 23.1. The smallest absolute Gasteiger partial charge is 0.169 e. The van der Waals surface area contributed by atoms with Crippen LogP contribution in [0.5, 0.6) is 0 Å². The van der Waals surface area contributed by atoms with Crippen LogP contribution in [0.2, 0.25) is 0 Å². The van der Waals surface area contributed by atoms with E-state index < -0.39 is 0 Å². The fourth-order valence-corrected chi connectivity index (χ4v) is 4.46. The minimum atomic E-state index is -0.310. The Hall–Kier alpha value is -0.200. The van der Waals surface area contributed by atoms with Gasteiger partial charge in [0.05, 0.1) is 12.7 Å². The second-order valence-electron chi connectivity index (χ2n) is 9.36. The quantitative estimate of drug-likeness (QED) is 0.520.